The van der Waals surface area contributed by atoms with Crippen LogP contribution >= 0.6 is 0 Å². The molecule has 3 rings (SSSR count). The fourth-order valence-electron chi connectivity index (χ4n) is 3.12. The minimum atomic E-state index is -0.0339. The zero-order valence-corrected chi connectivity index (χ0v) is 15.1. The van der Waals surface area contributed by atoms with E-state index in [1.165, 1.54) is 10.8 Å². The average molecular weight is 348 g/mol. The lowest BCUT2D eigenvalue weighted by atomic mass is 10.0. The molecule has 0 amide bonds. The Bertz CT molecular complexity index is 894. The Labute approximate surface area is 154 Å². The third-order valence-corrected chi connectivity index (χ3v) is 4.29. The van der Waals surface area contributed by atoms with E-state index in [0.717, 1.165) is 22.4 Å². The normalized spacial score (nSPS) is 10.7. The van der Waals surface area contributed by atoms with Gasteiger partial charge in [0, 0.05) is 5.56 Å². The van der Waals surface area contributed by atoms with Crippen LogP contribution < -0.4 is 9.47 Å². The summed E-state index contributed by atoms with van der Waals surface area (Å²) in [7, 11) is 0. The summed E-state index contributed by atoms with van der Waals surface area (Å²) in [4.78, 5) is 0. The van der Waals surface area contributed by atoms with Gasteiger partial charge in [0.15, 0.2) is 11.5 Å². The largest absolute Gasteiger partial charge is 0.490 e. The molecule has 0 radical (unpaired) electrons. The molecule has 0 saturated carbocycles. The summed E-state index contributed by atoms with van der Waals surface area (Å²) in [5, 5.41) is 11.9. The first kappa shape index (κ1) is 18.0. The van der Waals surface area contributed by atoms with Crippen molar-refractivity contribution in [3.63, 3.8) is 0 Å². The van der Waals surface area contributed by atoms with Gasteiger partial charge in [0.25, 0.3) is 0 Å². The van der Waals surface area contributed by atoms with Crippen LogP contribution in [-0.2, 0) is 19.6 Å². The van der Waals surface area contributed by atoms with E-state index in [0.29, 0.717) is 25.4 Å². The standard InChI is InChI=1S/C23H24O3/c1-3-8-19-13-17(15-24)14-22(25-4-2)23(19)26-16-20-11-7-10-18-9-5-6-12-21(18)20/h3,5-7,9-14,24H,1,4,8,15-16H2,2H3. The number of allylic oxidation sites excluding steroid dienone is 1. The molecule has 0 aromatic heterocycles. The number of aliphatic hydroxyl groups is 1. The second-order valence-electron chi connectivity index (χ2n) is 6.09. The summed E-state index contributed by atoms with van der Waals surface area (Å²) >= 11 is 0. The molecule has 0 spiro atoms. The predicted octanol–water partition coefficient (Wildman–Crippen LogP) is 5.04. The van der Waals surface area contributed by atoms with Gasteiger partial charge in [-0.2, -0.15) is 0 Å². The first-order chi connectivity index (χ1) is 12.8. The number of rotatable bonds is 8. The Morgan fingerprint density at radius 1 is 1.00 bits per heavy atom. The summed E-state index contributed by atoms with van der Waals surface area (Å²) in [5.41, 5.74) is 2.90. The van der Waals surface area contributed by atoms with Gasteiger partial charge < -0.3 is 14.6 Å². The van der Waals surface area contributed by atoms with Crippen molar-refractivity contribution in [3.05, 3.63) is 83.9 Å². The Morgan fingerprint density at radius 3 is 2.58 bits per heavy atom. The van der Waals surface area contributed by atoms with E-state index in [2.05, 4.69) is 30.8 Å². The quantitative estimate of drug-likeness (QED) is 0.580. The predicted molar refractivity (Wildman–Crippen MR) is 106 cm³/mol. The molecule has 0 heterocycles. The number of hydrogen-bond donors (Lipinski definition) is 1. The van der Waals surface area contributed by atoms with Crippen molar-refractivity contribution in [2.75, 3.05) is 6.61 Å². The molecule has 0 aliphatic rings. The van der Waals surface area contributed by atoms with Gasteiger partial charge >= 0.3 is 0 Å². The van der Waals surface area contributed by atoms with E-state index in [1.807, 2.05) is 43.3 Å². The molecule has 26 heavy (non-hydrogen) atoms. The molecular formula is C23H24O3. The van der Waals surface area contributed by atoms with E-state index >= 15 is 0 Å². The molecule has 0 aliphatic carbocycles. The third kappa shape index (κ3) is 3.89. The van der Waals surface area contributed by atoms with E-state index in [9.17, 15) is 5.11 Å². The second kappa shape index (κ2) is 8.54. The fraction of sp³-hybridized carbons (Fsp3) is 0.217. The highest BCUT2D eigenvalue weighted by atomic mass is 16.5. The van der Waals surface area contributed by atoms with Crippen LogP contribution in [0.1, 0.15) is 23.6 Å². The third-order valence-electron chi connectivity index (χ3n) is 4.29. The van der Waals surface area contributed by atoms with Crippen molar-refractivity contribution in [1.29, 1.82) is 0 Å². The van der Waals surface area contributed by atoms with Crippen LogP contribution in [0.2, 0.25) is 0 Å². The van der Waals surface area contributed by atoms with Crippen LogP contribution in [0.5, 0.6) is 11.5 Å². The van der Waals surface area contributed by atoms with Gasteiger partial charge in [-0.3, -0.25) is 0 Å². The highest BCUT2D eigenvalue weighted by Gasteiger charge is 2.14. The number of hydrogen-bond acceptors (Lipinski definition) is 3. The van der Waals surface area contributed by atoms with Gasteiger partial charge in [0.2, 0.25) is 0 Å². The summed E-state index contributed by atoms with van der Waals surface area (Å²) in [5.74, 6) is 1.38. The maximum Gasteiger partial charge on any atom is 0.165 e. The molecule has 1 N–H and O–H groups in total. The van der Waals surface area contributed by atoms with E-state index in [1.54, 1.807) is 0 Å². The van der Waals surface area contributed by atoms with Gasteiger partial charge in [-0.1, -0.05) is 48.5 Å². The molecule has 3 aromatic carbocycles. The van der Waals surface area contributed by atoms with E-state index < -0.39 is 0 Å². The highest BCUT2D eigenvalue weighted by Crippen LogP contribution is 2.35. The van der Waals surface area contributed by atoms with Crippen molar-refractivity contribution < 1.29 is 14.6 Å². The zero-order chi connectivity index (χ0) is 18.4. The van der Waals surface area contributed by atoms with Gasteiger partial charge in [0.05, 0.1) is 13.2 Å². The topological polar surface area (TPSA) is 38.7 Å². The lowest BCUT2D eigenvalue weighted by Crippen LogP contribution is -2.04. The molecule has 0 saturated heterocycles. The Balaban J connectivity index is 1.96. The smallest absolute Gasteiger partial charge is 0.165 e. The lowest BCUT2D eigenvalue weighted by Gasteiger charge is -2.17. The monoisotopic (exact) mass is 348 g/mol. The van der Waals surface area contributed by atoms with Crippen LogP contribution in [0.3, 0.4) is 0 Å². The zero-order valence-electron chi connectivity index (χ0n) is 15.1. The lowest BCUT2D eigenvalue weighted by molar-refractivity contribution is 0.262. The maximum atomic E-state index is 9.52. The van der Waals surface area contributed by atoms with Gasteiger partial charge in [0.1, 0.15) is 6.61 Å². The van der Waals surface area contributed by atoms with Crippen molar-refractivity contribution >= 4 is 10.8 Å². The van der Waals surface area contributed by atoms with Gasteiger partial charge in [-0.15, -0.1) is 6.58 Å². The van der Waals surface area contributed by atoms with Crippen molar-refractivity contribution in [3.8, 4) is 11.5 Å². The first-order valence-corrected chi connectivity index (χ1v) is 8.86. The molecule has 0 aliphatic heterocycles. The number of benzene rings is 3. The minimum absolute atomic E-state index is 0.0339. The fourth-order valence-corrected chi connectivity index (χ4v) is 3.12. The highest BCUT2D eigenvalue weighted by molar-refractivity contribution is 5.85. The van der Waals surface area contributed by atoms with Crippen LogP contribution in [-0.4, -0.2) is 11.7 Å². The van der Waals surface area contributed by atoms with Crippen molar-refractivity contribution in [2.24, 2.45) is 0 Å². The summed E-state index contributed by atoms with van der Waals surface area (Å²) in [6.45, 7) is 6.72. The van der Waals surface area contributed by atoms with Crippen LogP contribution in [0, 0.1) is 0 Å². The van der Waals surface area contributed by atoms with Crippen molar-refractivity contribution in [1.82, 2.24) is 0 Å². The Morgan fingerprint density at radius 2 is 1.81 bits per heavy atom. The number of fused-ring (bicyclic) bond motifs is 1. The molecular weight excluding hydrogens is 324 g/mol. The molecule has 0 unspecified atom stereocenters. The first-order valence-electron chi connectivity index (χ1n) is 8.86. The molecule has 0 bridgehead atoms. The van der Waals surface area contributed by atoms with Crippen molar-refractivity contribution in [2.45, 2.75) is 26.6 Å². The maximum absolute atomic E-state index is 9.52. The molecule has 0 fully saturated rings. The van der Waals surface area contributed by atoms with Crippen LogP contribution in [0.25, 0.3) is 10.8 Å². The van der Waals surface area contributed by atoms with Gasteiger partial charge in [-0.25, -0.2) is 0 Å². The van der Waals surface area contributed by atoms with E-state index in [-0.39, 0.29) is 6.61 Å². The molecule has 3 nitrogen and oxygen atoms in total. The van der Waals surface area contributed by atoms with E-state index in [4.69, 9.17) is 9.47 Å². The molecule has 134 valence electrons. The summed E-state index contributed by atoms with van der Waals surface area (Å²) in [6.07, 6.45) is 2.48. The number of aliphatic hydroxyl groups excluding tert-OH is 1. The SMILES string of the molecule is C=CCc1cc(CO)cc(OCC)c1OCc1cccc2ccccc12. The second-order valence-corrected chi connectivity index (χ2v) is 6.09. The Kier molecular flexibility index (Phi) is 5.92. The van der Waals surface area contributed by atoms with Crippen LogP contribution in [0.4, 0.5) is 0 Å². The molecule has 3 heteroatoms. The summed E-state index contributed by atoms with van der Waals surface area (Å²) in [6, 6.07) is 18.3. The average Bonchev–Trinajstić information content (AvgIpc) is 2.67. The molecule has 0 atom stereocenters. The minimum Gasteiger partial charge on any atom is -0.490 e. The van der Waals surface area contributed by atoms with Gasteiger partial charge in [-0.05, 0) is 47.4 Å². The Hall–Kier alpha value is -2.78. The number of ether oxygens (including phenoxy) is 2. The van der Waals surface area contributed by atoms with Crippen LogP contribution in [0.15, 0.2) is 67.3 Å². The summed E-state index contributed by atoms with van der Waals surface area (Å²) < 4.78 is 12.0. The molecule has 3 aromatic rings.